The summed E-state index contributed by atoms with van der Waals surface area (Å²) in [5.74, 6) is 0.930. The number of carbonyl (C=O) groups is 1. The Labute approximate surface area is 178 Å². The van der Waals surface area contributed by atoms with Crippen LogP contribution < -0.4 is 10.1 Å². The van der Waals surface area contributed by atoms with Crippen LogP contribution in [-0.2, 0) is 26.3 Å². The van der Waals surface area contributed by atoms with Crippen LogP contribution in [0.15, 0.2) is 42.5 Å². The molecular formula is C25H31NO4. The molecule has 2 aliphatic rings. The molecule has 1 N–H and O–H groups in total. The van der Waals surface area contributed by atoms with Crippen LogP contribution in [0.5, 0.6) is 5.75 Å². The third-order valence-corrected chi connectivity index (χ3v) is 6.63. The summed E-state index contributed by atoms with van der Waals surface area (Å²) in [6.07, 6.45) is 5.42. The molecule has 1 amide bonds. The molecule has 4 rings (SSSR count). The SMILES string of the molecule is CO[C@H]1CC[C@](OC)(c2cccc(OC(C)c3ccc4c(c3)CCC(=O)N4)c2)CC1. The Morgan fingerprint density at radius 1 is 1.07 bits per heavy atom. The molecule has 2 aromatic rings. The first-order chi connectivity index (χ1) is 14.5. The Hall–Kier alpha value is -2.37. The number of nitrogens with one attached hydrogen (secondary N) is 1. The minimum atomic E-state index is -0.276. The van der Waals surface area contributed by atoms with Crippen molar-refractivity contribution in [3.05, 3.63) is 59.2 Å². The monoisotopic (exact) mass is 409 g/mol. The number of fused-ring (bicyclic) bond motifs is 1. The van der Waals surface area contributed by atoms with Gasteiger partial charge in [0, 0.05) is 26.3 Å². The van der Waals surface area contributed by atoms with Gasteiger partial charge >= 0.3 is 0 Å². The molecule has 1 saturated carbocycles. The molecule has 1 unspecified atom stereocenters. The van der Waals surface area contributed by atoms with Gasteiger partial charge in [-0.1, -0.05) is 24.3 Å². The summed E-state index contributed by atoms with van der Waals surface area (Å²) in [6.45, 7) is 2.06. The summed E-state index contributed by atoms with van der Waals surface area (Å²) in [6, 6.07) is 14.5. The van der Waals surface area contributed by atoms with Crippen molar-refractivity contribution in [2.75, 3.05) is 19.5 Å². The molecule has 160 valence electrons. The second-order valence-electron chi connectivity index (χ2n) is 8.39. The number of carbonyl (C=O) groups excluding carboxylic acids is 1. The summed E-state index contributed by atoms with van der Waals surface area (Å²) in [5.41, 5.74) is 4.08. The molecule has 1 fully saturated rings. The van der Waals surface area contributed by atoms with Gasteiger partial charge in [-0.3, -0.25) is 4.79 Å². The van der Waals surface area contributed by atoms with Crippen LogP contribution in [0.25, 0.3) is 0 Å². The zero-order valence-corrected chi connectivity index (χ0v) is 18.1. The van der Waals surface area contributed by atoms with E-state index in [2.05, 4.69) is 30.4 Å². The summed E-state index contributed by atoms with van der Waals surface area (Å²) in [4.78, 5) is 11.6. The van der Waals surface area contributed by atoms with Gasteiger partial charge in [0.15, 0.2) is 0 Å². The quantitative estimate of drug-likeness (QED) is 0.718. The standard InChI is InChI=1S/C25H31NO4/c1-17(18-7-9-23-19(15-18)8-10-24(27)26-23)30-22-6-4-5-20(16-22)25(29-3)13-11-21(28-2)12-14-25/h4-7,9,15-17,21H,8,10-14H2,1-3H3,(H,26,27)/t17?,21-,25+. The fraction of sp³-hybridized carbons (Fsp3) is 0.480. The molecule has 0 spiro atoms. The van der Waals surface area contributed by atoms with Gasteiger partial charge in [-0.15, -0.1) is 0 Å². The number of hydrogen-bond acceptors (Lipinski definition) is 4. The average molecular weight is 410 g/mol. The molecule has 1 aliphatic heterocycles. The first-order valence-corrected chi connectivity index (χ1v) is 10.8. The van der Waals surface area contributed by atoms with Gasteiger partial charge in [0.2, 0.25) is 5.91 Å². The maximum atomic E-state index is 11.6. The number of ether oxygens (including phenoxy) is 3. The van der Waals surface area contributed by atoms with Gasteiger partial charge in [0.05, 0.1) is 11.7 Å². The van der Waals surface area contributed by atoms with Crippen molar-refractivity contribution < 1.29 is 19.0 Å². The van der Waals surface area contributed by atoms with Crippen molar-refractivity contribution in [1.29, 1.82) is 0 Å². The number of methoxy groups -OCH3 is 2. The molecule has 1 heterocycles. The zero-order chi connectivity index (χ0) is 21.1. The fourth-order valence-corrected chi connectivity index (χ4v) is 4.69. The molecule has 30 heavy (non-hydrogen) atoms. The van der Waals surface area contributed by atoms with Crippen molar-refractivity contribution in [2.45, 2.75) is 63.3 Å². The minimum absolute atomic E-state index is 0.0861. The molecule has 0 aromatic heterocycles. The minimum Gasteiger partial charge on any atom is -0.486 e. The Bertz CT molecular complexity index is 902. The third-order valence-electron chi connectivity index (χ3n) is 6.63. The van der Waals surface area contributed by atoms with Crippen LogP contribution in [0.3, 0.4) is 0 Å². The second kappa shape index (κ2) is 8.78. The normalized spacial score (nSPS) is 24.6. The smallest absolute Gasteiger partial charge is 0.224 e. The van der Waals surface area contributed by atoms with Crippen molar-refractivity contribution in [2.24, 2.45) is 0 Å². The summed E-state index contributed by atoms with van der Waals surface area (Å²) in [5, 5.41) is 2.93. The Kier molecular flexibility index (Phi) is 6.11. The van der Waals surface area contributed by atoms with Gasteiger partial charge in [0.25, 0.3) is 0 Å². The molecule has 2 aromatic carbocycles. The first-order valence-electron chi connectivity index (χ1n) is 10.8. The zero-order valence-electron chi connectivity index (χ0n) is 18.1. The molecule has 0 saturated heterocycles. The van der Waals surface area contributed by atoms with E-state index in [1.807, 2.05) is 24.3 Å². The fourth-order valence-electron chi connectivity index (χ4n) is 4.69. The van der Waals surface area contributed by atoms with E-state index in [1.165, 1.54) is 5.56 Å². The number of amides is 1. The number of benzene rings is 2. The van der Waals surface area contributed by atoms with Gasteiger partial charge < -0.3 is 19.5 Å². The van der Waals surface area contributed by atoms with E-state index in [-0.39, 0.29) is 17.6 Å². The maximum absolute atomic E-state index is 11.6. The van der Waals surface area contributed by atoms with E-state index in [0.29, 0.717) is 12.5 Å². The largest absolute Gasteiger partial charge is 0.486 e. The molecule has 0 radical (unpaired) electrons. The summed E-state index contributed by atoms with van der Waals surface area (Å²) < 4.78 is 17.9. The number of aryl methyl sites for hydroxylation is 1. The summed E-state index contributed by atoms with van der Waals surface area (Å²) >= 11 is 0. The lowest BCUT2D eigenvalue weighted by Gasteiger charge is -2.39. The highest BCUT2D eigenvalue weighted by molar-refractivity contribution is 5.93. The van der Waals surface area contributed by atoms with Gasteiger partial charge in [-0.05, 0) is 73.9 Å². The lowest BCUT2D eigenvalue weighted by molar-refractivity contribution is -0.116. The van der Waals surface area contributed by atoms with Crippen LogP contribution >= 0.6 is 0 Å². The molecule has 1 atom stereocenters. The van der Waals surface area contributed by atoms with Crippen LogP contribution in [0.2, 0.25) is 0 Å². The van der Waals surface area contributed by atoms with E-state index >= 15 is 0 Å². The van der Waals surface area contributed by atoms with Crippen molar-refractivity contribution >= 4 is 11.6 Å². The van der Waals surface area contributed by atoms with Gasteiger partial charge in [-0.25, -0.2) is 0 Å². The predicted molar refractivity (Wildman–Crippen MR) is 117 cm³/mol. The Morgan fingerprint density at radius 2 is 1.87 bits per heavy atom. The van der Waals surface area contributed by atoms with E-state index in [1.54, 1.807) is 14.2 Å². The highest BCUT2D eigenvalue weighted by atomic mass is 16.5. The lowest BCUT2D eigenvalue weighted by atomic mass is 9.78. The van der Waals surface area contributed by atoms with Crippen LogP contribution in [0.1, 0.15) is 61.8 Å². The molecule has 1 aliphatic carbocycles. The van der Waals surface area contributed by atoms with Crippen LogP contribution in [0, 0.1) is 0 Å². The van der Waals surface area contributed by atoms with E-state index < -0.39 is 0 Å². The van der Waals surface area contributed by atoms with Gasteiger partial charge in [-0.2, -0.15) is 0 Å². The van der Waals surface area contributed by atoms with Crippen molar-refractivity contribution in [1.82, 2.24) is 0 Å². The predicted octanol–water partition coefficient (Wildman–Crippen LogP) is 5.14. The molecule has 0 bridgehead atoms. The van der Waals surface area contributed by atoms with Crippen molar-refractivity contribution in [3.8, 4) is 5.75 Å². The molecular weight excluding hydrogens is 378 g/mol. The summed E-state index contributed by atoms with van der Waals surface area (Å²) in [7, 11) is 3.59. The lowest BCUT2D eigenvalue weighted by Crippen LogP contribution is -2.35. The maximum Gasteiger partial charge on any atom is 0.224 e. The second-order valence-corrected chi connectivity index (χ2v) is 8.39. The van der Waals surface area contributed by atoms with Crippen molar-refractivity contribution in [3.63, 3.8) is 0 Å². The molecule has 5 heteroatoms. The van der Waals surface area contributed by atoms with Gasteiger partial charge in [0.1, 0.15) is 11.9 Å². The number of anilines is 1. The third kappa shape index (κ3) is 4.23. The Morgan fingerprint density at radius 3 is 2.60 bits per heavy atom. The highest BCUT2D eigenvalue weighted by Gasteiger charge is 2.37. The van der Waals surface area contributed by atoms with E-state index in [9.17, 15) is 4.79 Å². The van der Waals surface area contributed by atoms with E-state index in [0.717, 1.165) is 54.7 Å². The topological polar surface area (TPSA) is 56.8 Å². The highest BCUT2D eigenvalue weighted by Crippen LogP contribution is 2.42. The van der Waals surface area contributed by atoms with Crippen LogP contribution in [-0.4, -0.2) is 26.2 Å². The average Bonchev–Trinajstić information content (AvgIpc) is 2.79. The Balaban J connectivity index is 1.50. The number of rotatable bonds is 6. The first kappa shape index (κ1) is 20.9. The molecule has 5 nitrogen and oxygen atoms in total. The number of hydrogen-bond donors (Lipinski definition) is 1. The van der Waals surface area contributed by atoms with Crippen LogP contribution in [0.4, 0.5) is 5.69 Å². The van der Waals surface area contributed by atoms with E-state index in [4.69, 9.17) is 14.2 Å².